The van der Waals surface area contributed by atoms with Gasteiger partial charge in [0.2, 0.25) is 10.0 Å². The summed E-state index contributed by atoms with van der Waals surface area (Å²) in [5.74, 6) is 0.634. The fraction of sp³-hybridized carbons (Fsp3) is 0.368. The SMILES string of the molecule is COc1ccc(CC(C)(O)CNS(=O)(=O)Cc2cccc(C)c2)cc1. The van der Waals surface area contributed by atoms with Crippen LogP contribution in [0.4, 0.5) is 0 Å². The minimum absolute atomic E-state index is 0.0484. The highest BCUT2D eigenvalue weighted by Crippen LogP contribution is 2.17. The Morgan fingerprint density at radius 2 is 1.80 bits per heavy atom. The Kier molecular flexibility index (Phi) is 6.21. The highest BCUT2D eigenvalue weighted by atomic mass is 32.2. The average molecular weight is 363 g/mol. The molecule has 0 fully saturated rings. The third-order valence-electron chi connectivity index (χ3n) is 3.86. The van der Waals surface area contributed by atoms with Crippen LogP contribution in [-0.4, -0.2) is 32.8 Å². The summed E-state index contributed by atoms with van der Waals surface area (Å²) in [4.78, 5) is 0. The molecule has 0 bridgehead atoms. The molecule has 2 rings (SSSR count). The molecule has 0 amide bonds. The van der Waals surface area contributed by atoms with Crippen LogP contribution < -0.4 is 9.46 Å². The molecule has 0 aliphatic carbocycles. The molecule has 5 nitrogen and oxygen atoms in total. The predicted octanol–water partition coefficient (Wildman–Crippen LogP) is 2.42. The van der Waals surface area contributed by atoms with E-state index in [0.717, 1.165) is 22.4 Å². The lowest BCUT2D eigenvalue weighted by Gasteiger charge is -2.24. The van der Waals surface area contributed by atoms with E-state index >= 15 is 0 Å². The number of aryl methyl sites for hydroxylation is 1. The molecule has 0 saturated carbocycles. The van der Waals surface area contributed by atoms with Crippen LogP contribution in [0.2, 0.25) is 0 Å². The molecule has 2 N–H and O–H groups in total. The summed E-state index contributed by atoms with van der Waals surface area (Å²) >= 11 is 0. The third kappa shape index (κ3) is 6.49. The van der Waals surface area contributed by atoms with Crippen molar-refractivity contribution in [1.29, 1.82) is 0 Å². The zero-order chi connectivity index (χ0) is 18.5. The van der Waals surface area contributed by atoms with E-state index in [1.807, 2.05) is 49.4 Å². The zero-order valence-electron chi connectivity index (χ0n) is 14.8. The van der Waals surface area contributed by atoms with E-state index in [1.54, 1.807) is 20.1 Å². The lowest BCUT2D eigenvalue weighted by molar-refractivity contribution is 0.0657. The molecule has 1 atom stereocenters. The first-order valence-electron chi connectivity index (χ1n) is 8.07. The van der Waals surface area contributed by atoms with E-state index in [4.69, 9.17) is 4.74 Å². The van der Waals surface area contributed by atoms with E-state index < -0.39 is 15.6 Å². The van der Waals surface area contributed by atoms with Crippen molar-refractivity contribution in [1.82, 2.24) is 4.72 Å². The van der Waals surface area contributed by atoms with Gasteiger partial charge in [0.05, 0.1) is 18.5 Å². The van der Waals surface area contributed by atoms with E-state index in [-0.39, 0.29) is 12.3 Å². The maximum atomic E-state index is 12.3. The quantitative estimate of drug-likeness (QED) is 0.755. The van der Waals surface area contributed by atoms with E-state index in [1.165, 1.54) is 0 Å². The van der Waals surface area contributed by atoms with Gasteiger partial charge in [-0.3, -0.25) is 0 Å². The van der Waals surface area contributed by atoms with Crippen LogP contribution in [0.1, 0.15) is 23.6 Å². The van der Waals surface area contributed by atoms with Gasteiger partial charge >= 0.3 is 0 Å². The maximum Gasteiger partial charge on any atom is 0.215 e. The molecule has 6 heteroatoms. The van der Waals surface area contributed by atoms with E-state index in [2.05, 4.69) is 4.72 Å². The smallest absolute Gasteiger partial charge is 0.215 e. The first-order valence-corrected chi connectivity index (χ1v) is 9.72. The number of aliphatic hydroxyl groups is 1. The molecular weight excluding hydrogens is 338 g/mol. The normalized spacial score (nSPS) is 14.1. The highest BCUT2D eigenvalue weighted by Gasteiger charge is 2.24. The van der Waals surface area contributed by atoms with Gasteiger partial charge in [-0.15, -0.1) is 0 Å². The molecule has 136 valence electrons. The lowest BCUT2D eigenvalue weighted by atomic mass is 9.97. The summed E-state index contributed by atoms with van der Waals surface area (Å²) in [6.45, 7) is 3.49. The Morgan fingerprint density at radius 3 is 2.40 bits per heavy atom. The molecular formula is C19H25NO4S. The van der Waals surface area contributed by atoms with Crippen LogP contribution in [0.5, 0.6) is 5.75 Å². The van der Waals surface area contributed by atoms with Crippen LogP contribution >= 0.6 is 0 Å². The Balaban J connectivity index is 1.95. The number of ether oxygens (including phenoxy) is 1. The number of rotatable bonds is 8. The van der Waals surface area contributed by atoms with Crippen molar-refractivity contribution >= 4 is 10.0 Å². The molecule has 0 spiro atoms. The average Bonchev–Trinajstić information content (AvgIpc) is 2.53. The fourth-order valence-corrected chi connectivity index (χ4v) is 3.83. The number of benzene rings is 2. The summed E-state index contributed by atoms with van der Waals surface area (Å²) < 4.78 is 32.1. The summed E-state index contributed by atoms with van der Waals surface area (Å²) in [6.07, 6.45) is 0.337. The van der Waals surface area contributed by atoms with Crippen molar-refractivity contribution in [2.75, 3.05) is 13.7 Å². The molecule has 0 aliphatic heterocycles. The van der Waals surface area contributed by atoms with Crippen molar-refractivity contribution in [3.8, 4) is 5.75 Å². The van der Waals surface area contributed by atoms with Gasteiger partial charge < -0.3 is 9.84 Å². The molecule has 0 radical (unpaired) electrons. The van der Waals surface area contributed by atoms with Crippen molar-refractivity contribution in [2.45, 2.75) is 31.6 Å². The number of hydrogen-bond acceptors (Lipinski definition) is 4. The van der Waals surface area contributed by atoms with Crippen molar-refractivity contribution in [3.05, 3.63) is 65.2 Å². The molecule has 2 aromatic rings. The Bertz CT molecular complexity index is 798. The van der Waals surface area contributed by atoms with Crippen molar-refractivity contribution < 1.29 is 18.3 Å². The molecule has 1 unspecified atom stereocenters. The number of nitrogens with one attached hydrogen (secondary N) is 1. The number of hydrogen-bond donors (Lipinski definition) is 2. The monoisotopic (exact) mass is 363 g/mol. The van der Waals surface area contributed by atoms with Gasteiger partial charge in [-0.1, -0.05) is 42.0 Å². The number of sulfonamides is 1. The summed E-state index contributed by atoms with van der Waals surface area (Å²) in [5, 5.41) is 10.5. The minimum atomic E-state index is -3.52. The van der Waals surface area contributed by atoms with Crippen LogP contribution in [0, 0.1) is 6.92 Å². The number of methoxy groups -OCH3 is 1. The summed E-state index contributed by atoms with van der Waals surface area (Å²) in [7, 11) is -1.93. The van der Waals surface area contributed by atoms with Gasteiger partial charge in [0, 0.05) is 13.0 Å². The lowest BCUT2D eigenvalue weighted by Crippen LogP contribution is -2.42. The van der Waals surface area contributed by atoms with Gasteiger partial charge in [-0.25, -0.2) is 13.1 Å². The predicted molar refractivity (Wildman–Crippen MR) is 99.1 cm³/mol. The van der Waals surface area contributed by atoms with Gasteiger partial charge in [-0.05, 0) is 37.1 Å². The second kappa shape index (κ2) is 7.99. The molecule has 0 saturated heterocycles. The van der Waals surface area contributed by atoms with E-state index in [9.17, 15) is 13.5 Å². The van der Waals surface area contributed by atoms with Crippen molar-refractivity contribution in [2.24, 2.45) is 0 Å². The van der Waals surface area contributed by atoms with Crippen molar-refractivity contribution in [3.63, 3.8) is 0 Å². The van der Waals surface area contributed by atoms with Gasteiger partial charge in [0.25, 0.3) is 0 Å². The van der Waals surface area contributed by atoms with Gasteiger partial charge in [-0.2, -0.15) is 0 Å². The third-order valence-corrected chi connectivity index (χ3v) is 5.15. The van der Waals surface area contributed by atoms with Crippen LogP contribution in [0.15, 0.2) is 48.5 Å². The van der Waals surface area contributed by atoms with Gasteiger partial charge in [0.1, 0.15) is 5.75 Å². The Labute approximate surface area is 149 Å². The Morgan fingerprint density at radius 1 is 1.12 bits per heavy atom. The summed E-state index contributed by atoms with van der Waals surface area (Å²) in [5.41, 5.74) is 1.46. The second-order valence-electron chi connectivity index (χ2n) is 6.59. The summed E-state index contributed by atoms with van der Waals surface area (Å²) in [6, 6.07) is 14.7. The topological polar surface area (TPSA) is 75.6 Å². The Hall–Kier alpha value is -1.89. The van der Waals surface area contributed by atoms with E-state index in [0.29, 0.717) is 6.42 Å². The molecule has 25 heavy (non-hydrogen) atoms. The van der Waals surface area contributed by atoms with Gasteiger partial charge in [0.15, 0.2) is 0 Å². The van der Waals surface area contributed by atoms with Crippen LogP contribution in [0.25, 0.3) is 0 Å². The standard InChI is InChI=1S/C19H25NO4S/c1-15-5-4-6-17(11-15)13-25(22,23)20-14-19(2,21)12-16-7-9-18(24-3)10-8-16/h4-11,20-21H,12-14H2,1-3H3. The second-order valence-corrected chi connectivity index (χ2v) is 8.40. The molecule has 0 heterocycles. The molecule has 0 aliphatic rings. The highest BCUT2D eigenvalue weighted by molar-refractivity contribution is 7.88. The first kappa shape index (κ1) is 19.4. The largest absolute Gasteiger partial charge is 0.497 e. The van der Waals surface area contributed by atoms with Crippen LogP contribution in [0.3, 0.4) is 0 Å². The molecule has 2 aromatic carbocycles. The maximum absolute atomic E-state index is 12.3. The van der Waals surface area contributed by atoms with Crippen LogP contribution in [-0.2, 0) is 22.2 Å². The molecule has 0 aromatic heterocycles. The fourth-order valence-electron chi connectivity index (χ4n) is 2.58. The minimum Gasteiger partial charge on any atom is -0.497 e. The zero-order valence-corrected chi connectivity index (χ0v) is 15.6. The first-order chi connectivity index (χ1) is 11.7.